The number of hydrogen-bond acceptors (Lipinski definition) is 5. The van der Waals surface area contributed by atoms with E-state index in [0.717, 1.165) is 18.2 Å². The van der Waals surface area contributed by atoms with E-state index >= 15 is 0 Å². The summed E-state index contributed by atoms with van der Waals surface area (Å²) < 4.78 is 15.1. The lowest BCUT2D eigenvalue weighted by Crippen LogP contribution is -2.43. The molecule has 0 unspecified atom stereocenters. The minimum absolute atomic E-state index is 0.0305. The van der Waals surface area contributed by atoms with Gasteiger partial charge in [-0.05, 0) is 24.5 Å². The van der Waals surface area contributed by atoms with Crippen molar-refractivity contribution >= 4 is 29.2 Å². The summed E-state index contributed by atoms with van der Waals surface area (Å²) >= 11 is 1.05. The van der Waals surface area contributed by atoms with Gasteiger partial charge in [-0.25, -0.2) is 9.18 Å². The number of nitrogens with two attached hydrogens (primary N) is 1. The van der Waals surface area contributed by atoms with Crippen LogP contribution in [0.1, 0.15) is 33.6 Å². The van der Waals surface area contributed by atoms with Crippen LogP contribution in [0.25, 0.3) is 0 Å². The van der Waals surface area contributed by atoms with Crippen LogP contribution in [0.3, 0.4) is 0 Å². The van der Waals surface area contributed by atoms with Crippen LogP contribution in [-0.4, -0.2) is 27.8 Å². The second-order valence-corrected chi connectivity index (χ2v) is 8.13. The molecular formula is C20H27FN4O3S. The van der Waals surface area contributed by atoms with Gasteiger partial charge in [-0.3, -0.25) is 19.1 Å². The highest BCUT2D eigenvalue weighted by molar-refractivity contribution is 8.00. The van der Waals surface area contributed by atoms with E-state index < -0.39 is 17.1 Å². The number of halogens is 1. The van der Waals surface area contributed by atoms with E-state index in [0.29, 0.717) is 17.9 Å². The molecule has 0 atom stereocenters. The monoisotopic (exact) mass is 422 g/mol. The number of anilines is 2. The molecule has 0 saturated carbocycles. The van der Waals surface area contributed by atoms with Crippen molar-refractivity contribution in [2.24, 2.45) is 5.92 Å². The number of amides is 1. The summed E-state index contributed by atoms with van der Waals surface area (Å²) in [6.45, 7) is 6.38. The number of nitrogens with zero attached hydrogens (tertiary/aromatic N) is 2. The Balaban J connectivity index is 2.39. The number of unbranched alkanes of at least 4 members (excludes halogenated alkanes) is 1. The Hall–Kier alpha value is -2.55. The van der Waals surface area contributed by atoms with Gasteiger partial charge in [-0.2, -0.15) is 0 Å². The molecular weight excluding hydrogens is 395 g/mol. The van der Waals surface area contributed by atoms with Gasteiger partial charge in [0.15, 0.2) is 5.69 Å². The molecule has 1 heterocycles. The minimum atomic E-state index is -0.704. The Morgan fingerprint density at radius 2 is 2.00 bits per heavy atom. The highest BCUT2D eigenvalue weighted by Gasteiger charge is 2.25. The maximum atomic E-state index is 13.9. The maximum absolute atomic E-state index is 13.9. The predicted molar refractivity (Wildman–Crippen MR) is 115 cm³/mol. The molecule has 2 rings (SSSR count). The lowest BCUT2D eigenvalue weighted by Gasteiger charge is -2.26. The number of nitrogens with one attached hydrogen (secondary N) is 1. The van der Waals surface area contributed by atoms with Gasteiger partial charge in [0.05, 0.1) is 5.75 Å². The first-order chi connectivity index (χ1) is 13.8. The average molecular weight is 423 g/mol. The van der Waals surface area contributed by atoms with Gasteiger partial charge in [0, 0.05) is 18.0 Å². The number of hydrogen-bond donors (Lipinski definition) is 2. The summed E-state index contributed by atoms with van der Waals surface area (Å²) in [5.74, 6) is -0.846. The average Bonchev–Trinajstić information content (AvgIpc) is 2.65. The molecule has 1 aromatic heterocycles. The fraction of sp³-hybridized carbons (Fsp3) is 0.450. The van der Waals surface area contributed by atoms with Crippen molar-refractivity contribution < 1.29 is 9.18 Å². The zero-order chi connectivity index (χ0) is 21.6. The first-order valence-corrected chi connectivity index (χ1v) is 10.5. The summed E-state index contributed by atoms with van der Waals surface area (Å²) in [5, 5.41) is 0. The van der Waals surface area contributed by atoms with Gasteiger partial charge in [-0.15, -0.1) is 11.8 Å². The number of thioether (sulfide) groups is 1. The third-order valence-electron chi connectivity index (χ3n) is 4.26. The molecule has 3 N–H and O–H groups in total. The molecule has 0 aliphatic heterocycles. The lowest BCUT2D eigenvalue weighted by molar-refractivity contribution is -0.116. The second-order valence-electron chi connectivity index (χ2n) is 7.12. The molecule has 29 heavy (non-hydrogen) atoms. The molecule has 1 amide bonds. The third-order valence-corrected chi connectivity index (χ3v) is 5.29. The van der Waals surface area contributed by atoms with Gasteiger partial charge in [0.1, 0.15) is 11.6 Å². The minimum Gasteiger partial charge on any atom is -0.383 e. The summed E-state index contributed by atoms with van der Waals surface area (Å²) in [7, 11) is 0. The molecule has 0 radical (unpaired) electrons. The molecule has 0 spiro atoms. The van der Waals surface area contributed by atoms with Crippen molar-refractivity contribution in [1.82, 2.24) is 9.55 Å². The van der Waals surface area contributed by atoms with Crippen molar-refractivity contribution in [3.63, 3.8) is 0 Å². The lowest BCUT2D eigenvalue weighted by atomic mass is 10.2. The van der Waals surface area contributed by atoms with Crippen LogP contribution in [0.5, 0.6) is 0 Å². The second kappa shape index (κ2) is 10.3. The molecule has 2 aromatic rings. The first-order valence-electron chi connectivity index (χ1n) is 9.56. The summed E-state index contributed by atoms with van der Waals surface area (Å²) in [4.78, 5) is 41.6. The van der Waals surface area contributed by atoms with Crippen LogP contribution in [0.15, 0.2) is 38.8 Å². The van der Waals surface area contributed by atoms with Gasteiger partial charge < -0.3 is 10.6 Å². The van der Waals surface area contributed by atoms with Crippen molar-refractivity contribution in [3.8, 4) is 0 Å². The number of H-pyrrole nitrogens is 1. The van der Waals surface area contributed by atoms with Crippen LogP contribution in [-0.2, 0) is 11.3 Å². The number of rotatable bonds is 9. The molecule has 0 saturated heterocycles. The summed E-state index contributed by atoms with van der Waals surface area (Å²) in [5.41, 5.74) is 4.82. The number of aromatic amines is 1. The summed E-state index contributed by atoms with van der Waals surface area (Å²) in [6.07, 6.45) is 1.55. The molecule has 0 aliphatic rings. The molecule has 0 fully saturated rings. The standard InChI is InChI=1S/C20H27FN4O3S/c1-4-5-10-24-18(22)17(19(27)23-20(24)28)25(11-13(2)3)16(26)12-29-15-9-7-6-8-14(15)21/h6-9,13H,4-5,10-12,22H2,1-3H3,(H,23,27,28). The van der Waals surface area contributed by atoms with Crippen molar-refractivity contribution in [2.45, 2.75) is 45.1 Å². The number of nitrogen functional groups attached to an aromatic ring is 1. The van der Waals surface area contributed by atoms with E-state index in [1.54, 1.807) is 18.2 Å². The maximum Gasteiger partial charge on any atom is 0.330 e. The van der Waals surface area contributed by atoms with Gasteiger partial charge in [-0.1, -0.05) is 39.3 Å². The topological polar surface area (TPSA) is 101 Å². The Bertz CT molecular complexity index is 971. The van der Waals surface area contributed by atoms with Gasteiger partial charge in [0.2, 0.25) is 5.91 Å². The normalized spacial score (nSPS) is 11.1. The number of benzene rings is 1. The van der Waals surface area contributed by atoms with Crippen LogP contribution in [0.2, 0.25) is 0 Å². The fourth-order valence-corrected chi connectivity index (χ4v) is 3.65. The zero-order valence-corrected chi connectivity index (χ0v) is 17.7. The Labute approximate surface area is 173 Å². The van der Waals surface area contributed by atoms with E-state index in [-0.39, 0.29) is 35.6 Å². The van der Waals surface area contributed by atoms with E-state index in [1.165, 1.54) is 15.5 Å². The smallest absolute Gasteiger partial charge is 0.330 e. The van der Waals surface area contributed by atoms with Gasteiger partial charge >= 0.3 is 5.69 Å². The van der Waals surface area contributed by atoms with Gasteiger partial charge in [0.25, 0.3) is 5.56 Å². The van der Waals surface area contributed by atoms with Crippen molar-refractivity contribution in [3.05, 3.63) is 50.9 Å². The molecule has 158 valence electrons. The highest BCUT2D eigenvalue weighted by Crippen LogP contribution is 2.24. The van der Waals surface area contributed by atoms with Crippen LogP contribution in [0.4, 0.5) is 15.9 Å². The number of aromatic nitrogens is 2. The SMILES string of the molecule is CCCCn1c(N)c(N(CC(C)C)C(=O)CSc2ccccc2F)c(=O)[nH]c1=O. The largest absolute Gasteiger partial charge is 0.383 e. The Morgan fingerprint density at radius 1 is 1.31 bits per heavy atom. The fourth-order valence-electron chi connectivity index (χ4n) is 2.84. The quantitative estimate of drug-likeness (QED) is 0.605. The highest BCUT2D eigenvalue weighted by atomic mass is 32.2. The van der Waals surface area contributed by atoms with Crippen LogP contribution in [0, 0.1) is 11.7 Å². The van der Waals surface area contributed by atoms with Crippen LogP contribution < -0.4 is 21.9 Å². The number of carbonyl (C=O) groups is 1. The predicted octanol–water partition coefficient (Wildman–Crippen LogP) is 2.84. The number of carbonyl (C=O) groups excluding carboxylic acids is 1. The third kappa shape index (κ3) is 5.72. The zero-order valence-electron chi connectivity index (χ0n) is 16.9. The van der Waals surface area contributed by atoms with E-state index in [2.05, 4.69) is 4.98 Å². The van der Waals surface area contributed by atoms with Crippen LogP contribution >= 0.6 is 11.8 Å². The Morgan fingerprint density at radius 3 is 2.62 bits per heavy atom. The first kappa shape index (κ1) is 22.7. The molecule has 9 heteroatoms. The van der Waals surface area contributed by atoms with Crippen molar-refractivity contribution in [2.75, 3.05) is 22.9 Å². The molecule has 1 aromatic carbocycles. The van der Waals surface area contributed by atoms with Crippen molar-refractivity contribution in [1.29, 1.82) is 0 Å². The summed E-state index contributed by atoms with van der Waals surface area (Å²) in [6, 6.07) is 6.18. The molecule has 0 aliphatic carbocycles. The van der Waals surface area contributed by atoms with E-state index in [1.807, 2.05) is 20.8 Å². The molecule has 7 nitrogen and oxygen atoms in total. The molecule has 0 bridgehead atoms. The van der Waals surface area contributed by atoms with E-state index in [9.17, 15) is 18.8 Å². The van der Waals surface area contributed by atoms with E-state index in [4.69, 9.17) is 5.73 Å². The Kier molecular flexibility index (Phi) is 8.07.